The number of fused-ring (bicyclic) bond motifs is 3. The van der Waals surface area contributed by atoms with Crippen molar-refractivity contribution in [3.63, 3.8) is 0 Å². The van der Waals surface area contributed by atoms with Crippen LogP contribution in [0.4, 0.5) is 0 Å². The monoisotopic (exact) mass is 334 g/mol. The molecule has 2 nitrogen and oxygen atoms in total. The number of rotatable bonds is 3. The zero-order valence-corrected chi connectivity index (χ0v) is 14.3. The van der Waals surface area contributed by atoms with Gasteiger partial charge >= 0.3 is 0 Å². The van der Waals surface area contributed by atoms with Gasteiger partial charge in [0.15, 0.2) is 0 Å². The Labute approximate surface area is 153 Å². The lowest BCUT2D eigenvalue weighted by Crippen LogP contribution is -2.12. The van der Waals surface area contributed by atoms with Crippen LogP contribution in [0, 0.1) is 0 Å². The van der Waals surface area contributed by atoms with E-state index in [9.17, 15) is 0 Å². The highest BCUT2D eigenvalue weighted by atomic mass is 14.6. The van der Waals surface area contributed by atoms with Crippen LogP contribution in [0.2, 0.25) is 0 Å². The van der Waals surface area contributed by atoms with Crippen molar-refractivity contribution < 1.29 is 0 Å². The Morgan fingerprint density at radius 2 is 0.962 bits per heavy atom. The first-order valence-corrected chi connectivity index (χ1v) is 8.91. The van der Waals surface area contributed by atoms with Gasteiger partial charge in [-0.2, -0.15) is 0 Å². The molecule has 0 fully saturated rings. The number of aromatic nitrogens is 2. The van der Waals surface area contributed by atoms with Crippen LogP contribution >= 0.6 is 0 Å². The summed E-state index contributed by atoms with van der Waals surface area (Å²) in [5.41, 5.74) is 8.05. The van der Waals surface area contributed by atoms with Crippen molar-refractivity contribution in [3.05, 3.63) is 120 Å². The molecule has 0 bridgehead atoms. The molecule has 0 N–H and O–H groups in total. The Morgan fingerprint density at radius 1 is 0.538 bits per heavy atom. The highest BCUT2D eigenvalue weighted by Gasteiger charge is 2.35. The molecule has 1 aliphatic rings. The highest BCUT2D eigenvalue weighted by Crippen LogP contribution is 2.52. The number of pyridine rings is 2. The molecule has 0 amide bonds. The first-order valence-electron chi connectivity index (χ1n) is 8.91. The molecule has 0 radical (unpaired) electrons. The molecular formula is C24H18N2. The first kappa shape index (κ1) is 15.0. The Kier molecular flexibility index (Phi) is 3.60. The quantitative estimate of drug-likeness (QED) is 0.500. The minimum Gasteiger partial charge on any atom is -0.265 e. The van der Waals surface area contributed by atoms with Gasteiger partial charge in [0, 0.05) is 36.6 Å². The minimum absolute atomic E-state index is 0.228. The number of nitrogens with zero attached hydrogens (tertiary/aromatic N) is 2. The van der Waals surface area contributed by atoms with Crippen LogP contribution in [0.15, 0.2) is 97.6 Å². The predicted octanol–water partition coefficient (Wildman–Crippen LogP) is 5.42. The summed E-state index contributed by atoms with van der Waals surface area (Å²) < 4.78 is 0. The van der Waals surface area contributed by atoms with E-state index in [4.69, 9.17) is 0 Å². The molecule has 2 heterocycles. The Morgan fingerprint density at radius 3 is 1.42 bits per heavy atom. The molecule has 0 unspecified atom stereocenters. The van der Waals surface area contributed by atoms with E-state index in [0.29, 0.717) is 0 Å². The minimum atomic E-state index is 0.228. The van der Waals surface area contributed by atoms with Gasteiger partial charge in [-0.3, -0.25) is 9.97 Å². The van der Waals surface area contributed by atoms with Crippen LogP contribution in [-0.4, -0.2) is 9.97 Å². The summed E-state index contributed by atoms with van der Waals surface area (Å²) >= 11 is 0. The average molecular weight is 334 g/mol. The van der Waals surface area contributed by atoms with Gasteiger partial charge in [-0.05, 0) is 57.6 Å². The van der Waals surface area contributed by atoms with E-state index in [1.54, 1.807) is 0 Å². The van der Waals surface area contributed by atoms with Gasteiger partial charge in [0.1, 0.15) is 0 Å². The molecule has 4 aromatic rings. The maximum Gasteiger partial charge on any atom is 0.0270 e. The molecule has 26 heavy (non-hydrogen) atoms. The van der Waals surface area contributed by atoms with Crippen LogP contribution in [0.3, 0.4) is 0 Å². The van der Waals surface area contributed by atoms with Crippen LogP contribution in [0.25, 0.3) is 11.1 Å². The topological polar surface area (TPSA) is 25.8 Å². The predicted molar refractivity (Wildman–Crippen MR) is 104 cm³/mol. The molecule has 0 saturated carbocycles. The standard InChI is InChI=1S/C24H18N2/c1-3-7-21-19(5-1)20-6-2-4-8-22(20)24(21)23(17-9-13-25-14-10-17)18-11-15-26-16-12-18/h1-16,23-24H. The highest BCUT2D eigenvalue weighted by molar-refractivity contribution is 5.79. The summed E-state index contributed by atoms with van der Waals surface area (Å²) in [7, 11) is 0. The number of hydrogen-bond donors (Lipinski definition) is 0. The molecule has 0 spiro atoms. The fourth-order valence-electron chi connectivity index (χ4n) is 4.27. The summed E-state index contributed by atoms with van der Waals surface area (Å²) in [5, 5.41) is 0. The molecule has 2 heteroatoms. The molecule has 5 rings (SSSR count). The van der Waals surface area contributed by atoms with Crippen molar-refractivity contribution in [1.29, 1.82) is 0 Å². The fourth-order valence-corrected chi connectivity index (χ4v) is 4.27. The Balaban J connectivity index is 1.77. The second-order valence-electron chi connectivity index (χ2n) is 6.69. The third-order valence-corrected chi connectivity index (χ3v) is 5.35. The van der Waals surface area contributed by atoms with Gasteiger partial charge < -0.3 is 0 Å². The summed E-state index contributed by atoms with van der Waals surface area (Å²) in [6.45, 7) is 0. The molecule has 2 aromatic carbocycles. The van der Waals surface area contributed by atoms with Crippen molar-refractivity contribution in [1.82, 2.24) is 9.97 Å². The van der Waals surface area contributed by atoms with Crippen LogP contribution < -0.4 is 0 Å². The second-order valence-corrected chi connectivity index (χ2v) is 6.69. The molecule has 0 aliphatic heterocycles. The van der Waals surface area contributed by atoms with Crippen LogP contribution in [-0.2, 0) is 0 Å². The van der Waals surface area contributed by atoms with Crippen LogP contribution in [0.5, 0.6) is 0 Å². The molecule has 0 atom stereocenters. The van der Waals surface area contributed by atoms with Gasteiger partial charge in [-0.1, -0.05) is 48.5 Å². The van der Waals surface area contributed by atoms with Crippen molar-refractivity contribution in [2.75, 3.05) is 0 Å². The molecule has 2 aromatic heterocycles. The normalized spacial score (nSPS) is 12.8. The van der Waals surface area contributed by atoms with Gasteiger partial charge in [0.2, 0.25) is 0 Å². The summed E-state index contributed by atoms with van der Waals surface area (Å²) in [6, 6.07) is 26.1. The largest absolute Gasteiger partial charge is 0.265 e. The summed E-state index contributed by atoms with van der Waals surface area (Å²) in [4.78, 5) is 8.45. The summed E-state index contributed by atoms with van der Waals surface area (Å²) in [5.74, 6) is 0.512. The van der Waals surface area contributed by atoms with E-state index >= 15 is 0 Å². The lowest BCUT2D eigenvalue weighted by Gasteiger charge is -2.26. The maximum atomic E-state index is 4.22. The van der Waals surface area contributed by atoms with Crippen LogP contribution in [0.1, 0.15) is 34.1 Å². The van der Waals surface area contributed by atoms with Gasteiger partial charge in [-0.15, -0.1) is 0 Å². The number of hydrogen-bond acceptors (Lipinski definition) is 2. The third kappa shape index (κ3) is 2.34. The lowest BCUT2D eigenvalue weighted by molar-refractivity contribution is 0.706. The van der Waals surface area contributed by atoms with E-state index in [1.807, 2.05) is 24.8 Å². The van der Waals surface area contributed by atoms with Gasteiger partial charge in [-0.25, -0.2) is 0 Å². The SMILES string of the molecule is c1ccc2c(c1)-c1ccccc1C2C(c1ccncc1)c1ccncc1. The first-order chi connectivity index (χ1) is 12.9. The zero-order chi connectivity index (χ0) is 17.3. The Hall–Kier alpha value is -3.26. The van der Waals surface area contributed by atoms with E-state index in [-0.39, 0.29) is 11.8 Å². The third-order valence-electron chi connectivity index (χ3n) is 5.35. The van der Waals surface area contributed by atoms with Gasteiger partial charge in [0.05, 0.1) is 0 Å². The average Bonchev–Trinajstić information content (AvgIpc) is 3.05. The zero-order valence-electron chi connectivity index (χ0n) is 14.3. The molecule has 124 valence electrons. The van der Waals surface area contributed by atoms with Gasteiger partial charge in [0.25, 0.3) is 0 Å². The van der Waals surface area contributed by atoms with Crippen molar-refractivity contribution in [2.45, 2.75) is 11.8 Å². The van der Waals surface area contributed by atoms with Crippen molar-refractivity contribution in [3.8, 4) is 11.1 Å². The smallest absolute Gasteiger partial charge is 0.0270 e. The Bertz CT molecular complexity index is 957. The summed E-state index contributed by atoms with van der Waals surface area (Å²) in [6.07, 6.45) is 7.54. The maximum absolute atomic E-state index is 4.22. The molecule has 1 aliphatic carbocycles. The second kappa shape index (κ2) is 6.23. The number of benzene rings is 2. The molecule has 0 saturated heterocycles. The van der Waals surface area contributed by atoms with E-state index < -0.39 is 0 Å². The lowest BCUT2D eigenvalue weighted by atomic mass is 9.76. The van der Waals surface area contributed by atoms with E-state index in [0.717, 1.165) is 0 Å². The van der Waals surface area contributed by atoms with Crippen molar-refractivity contribution in [2.24, 2.45) is 0 Å². The van der Waals surface area contributed by atoms with E-state index in [2.05, 4.69) is 82.8 Å². The van der Waals surface area contributed by atoms with E-state index in [1.165, 1.54) is 33.4 Å². The fraction of sp³-hybridized carbons (Fsp3) is 0.0833. The molecular weight excluding hydrogens is 316 g/mol. The van der Waals surface area contributed by atoms with Crippen molar-refractivity contribution >= 4 is 0 Å².